The van der Waals surface area contributed by atoms with E-state index in [0.29, 0.717) is 6.42 Å². The van der Waals surface area contributed by atoms with Gasteiger partial charge >= 0.3 is 0 Å². The maximum absolute atomic E-state index is 8.90. The smallest absolute Gasteiger partial charge is 0.171 e. The minimum Gasteiger partial charge on any atom is -0.481 e. The Morgan fingerprint density at radius 3 is 2.55 bits per heavy atom. The summed E-state index contributed by atoms with van der Waals surface area (Å²) in [5.74, 6) is 1.48. The second kappa shape index (κ2) is 7.12. The molecular formula is C16H21NO3. The van der Waals surface area contributed by atoms with Gasteiger partial charge in [-0.3, -0.25) is 0 Å². The van der Waals surface area contributed by atoms with Crippen LogP contribution in [0.5, 0.6) is 5.75 Å². The van der Waals surface area contributed by atoms with Crippen LogP contribution in [0.4, 0.5) is 0 Å². The predicted octanol–water partition coefficient (Wildman–Crippen LogP) is 2.67. The van der Waals surface area contributed by atoms with Crippen molar-refractivity contribution in [2.45, 2.75) is 31.9 Å². The topological polar surface area (TPSA) is 68.6 Å². The van der Waals surface area contributed by atoms with Gasteiger partial charge in [0.15, 0.2) is 6.10 Å². The Morgan fingerprint density at radius 2 is 2.00 bits per heavy atom. The Kier molecular flexibility index (Phi) is 5.21. The lowest BCUT2D eigenvalue weighted by atomic mass is 10.1. The van der Waals surface area contributed by atoms with Crippen molar-refractivity contribution in [3.8, 4) is 5.75 Å². The number of hydrogen-bond acceptors (Lipinski definition) is 4. The summed E-state index contributed by atoms with van der Waals surface area (Å²) in [5.41, 5.74) is 7.19. The van der Waals surface area contributed by atoms with Crippen LogP contribution in [0.25, 0.3) is 0 Å². The second-order valence-electron chi connectivity index (χ2n) is 4.74. The summed E-state index contributed by atoms with van der Waals surface area (Å²) >= 11 is 0. The van der Waals surface area contributed by atoms with Gasteiger partial charge in [-0.2, -0.15) is 0 Å². The first-order valence-electron chi connectivity index (χ1n) is 6.90. The highest BCUT2D eigenvalue weighted by Crippen LogP contribution is 2.26. The average molecular weight is 275 g/mol. The lowest BCUT2D eigenvalue weighted by molar-refractivity contribution is 0.144. The third-order valence-corrected chi connectivity index (χ3v) is 3.27. The van der Waals surface area contributed by atoms with E-state index in [1.54, 1.807) is 6.26 Å². The molecule has 2 atom stereocenters. The Hall–Kier alpha value is -1.78. The van der Waals surface area contributed by atoms with Crippen LogP contribution in [0.2, 0.25) is 0 Å². The molecule has 0 aliphatic carbocycles. The van der Waals surface area contributed by atoms with E-state index in [2.05, 4.69) is 0 Å². The molecule has 0 radical (unpaired) electrons. The van der Waals surface area contributed by atoms with Crippen molar-refractivity contribution >= 4 is 0 Å². The Balaban J connectivity index is 2.11. The maximum atomic E-state index is 8.90. The molecule has 0 fully saturated rings. The van der Waals surface area contributed by atoms with Gasteiger partial charge in [0.1, 0.15) is 11.5 Å². The number of nitrogens with two attached hydrogens (primary N) is 1. The van der Waals surface area contributed by atoms with Gasteiger partial charge in [0, 0.05) is 12.6 Å². The molecule has 2 rings (SSSR count). The molecule has 2 aromatic rings. The van der Waals surface area contributed by atoms with Crippen LogP contribution in [0.3, 0.4) is 0 Å². The van der Waals surface area contributed by atoms with Crippen molar-refractivity contribution in [1.82, 2.24) is 0 Å². The van der Waals surface area contributed by atoms with Crippen LogP contribution in [0.1, 0.15) is 30.8 Å². The molecule has 20 heavy (non-hydrogen) atoms. The predicted molar refractivity (Wildman–Crippen MR) is 77.6 cm³/mol. The van der Waals surface area contributed by atoms with E-state index in [1.807, 2.05) is 43.3 Å². The number of furan rings is 1. The van der Waals surface area contributed by atoms with Gasteiger partial charge in [-0.1, -0.05) is 19.1 Å². The quantitative estimate of drug-likeness (QED) is 0.815. The molecule has 0 saturated heterocycles. The minimum absolute atomic E-state index is 0.127. The average Bonchev–Trinajstić information content (AvgIpc) is 3.00. The summed E-state index contributed by atoms with van der Waals surface area (Å²) in [6.07, 6.45) is 2.78. The van der Waals surface area contributed by atoms with E-state index < -0.39 is 0 Å². The van der Waals surface area contributed by atoms with Crippen molar-refractivity contribution in [2.24, 2.45) is 5.73 Å². The zero-order valence-corrected chi connectivity index (χ0v) is 11.7. The lowest BCUT2D eigenvalue weighted by Gasteiger charge is -2.22. The molecule has 0 aliphatic heterocycles. The summed E-state index contributed by atoms with van der Waals surface area (Å²) in [6, 6.07) is 11.3. The Morgan fingerprint density at radius 1 is 1.25 bits per heavy atom. The van der Waals surface area contributed by atoms with Gasteiger partial charge < -0.3 is 20.0 Å². The van der Waals surface area contributed by atoms with E-state index in [4.69, 9.17) is 20.0 Å². The third kappa shape index (κ3) is 3.62. The first kappa shape index (κ1) is 14.6. The van der Waals surface area contributed by atoms with Gasteiger partial charge in [-0.05, 0) is 42.7 Å². The van der Waals surface area contributed by atoms with Gasteiger partial charge in [-0.15, -0.1) is 0 Å². The van der Waals surface area contributed by atoms with Crippen LogP contribution >= 0.6 is 0 Å². The highest BCUT2D eigenvalue weighted by Gasteiger charge is 2.23. The first-order valence-corrected chi connectivity index (χ1v) is 6.90. The van der Waals surface area contributed by atoms with Gasteiger partial charge in [0.2, 0.25) is 0 Å². The normalized spacial score (nSPS) is 13.9. The van der Waals surface area contributed by atoms with E-state index in [-0.39, 0.29) is 18.8 Å². The molecule has 2 unspecified atom stereocenters. The Bertz CT molecular complexity index is 493. The number of ether oxygens (including phenoxy) is 1. The molecular weight excluding hydrogens is 254 g/mol. The zero-order chi connectivity index (χ0) is 14.4. The molecule has 1 aromatic carbocycles. The molecule has 4 nitrogen and oxygen atoms in total. The molecule has 0 bridgehead atoms. The summed E-state index contributed by atoms with van der Waals surface area (Å²) in [7, 11) is 0. The second-order valence-corrected chi connectivity index (χ2v) is 4.74. The van der Waals surface area contributed by atoms with Crippen LogP contribution in [0, 0.1) is 0 Å². The van der Waals surface area contributed by atoms with Crippen molar-refractivity contribution in [2.75, 3.05) is 6.61 Å². The molecule has 0 spiro atoms. The third-order valence-electron chi connectivity index (χ3n) is 3.27. The zero-order valence-electron chi connectivity index (χ0n) is 11.7. The maximum Gasteiger partial charge on any atom is 0.171 e. The van der Waals surface area contributed by atoms with Gasteiger partial charge in [0.05, 0.1) is 6.26 Å². The fourth-order valence-electron chi connectivity index (χ4n) is 2.03. The molecule has 3 N–H and O–H groups in total. The monoisotopic (exact) mass is 275 g/mol. The van der Waals surface area contributed by atoms with Crippen molar-refractivity contribution in [3.05, 3.63) is 54.0 Å². The SMILES string of the molecule is CCC(N)C(Oc1ccc(CCO)cc1)c1ccco1. The molecule has 108 valence electrons. The van der Waals surface area contributed by atoms with Crippen molar-refractivity contribution in [1.29, 1.82) is 0 Å². The molecule has 1 heterocycles. The van der Waals surface area contributed by atoms with Crippen molar-refractivity contribution in [3.63, 3.8) is 0 Å². The van der Waals surface area contributed by atoms with Gasteiger partial charge in [0.25, 0.3) is 0 Å². The van der Waals surface area contributed by atoms with E-state index in [9.17, 15) is 0 Å². The fourth-order valence-corrected chi connectivity index (χ4v) is 2.03. The van der Waals surface area contributed by atoms with Gasteiger partial charge in [-0.25, -0.2) is 0 Å². The molecule has 1 aromatic heterocycles. The van der Waals surface area contributed by atoms with Crippen LogP contribution < -0.4 is 10.5 Å². The summed E-state index contributed by atoms with van der Waals surface area (Å²) in [6.45, 7) is 2.17. The van der Waals surface area contributed by atoms with Crippen LogP contribution in [-0.2, 0) is 6.42 Å². The number of rotatable bonds is 7. The number of hydrogen-bond donors (Lipinski definition) is 2. The largest absolute Gasteiger partial charge is 0.481 e. The van der Waals surface area contributed by atoms with E-state index in [0.717, 1.165) is 23.5 Å². The Labute approximate surface area is 119 Å². The van der Waals surface area contributed by atoms with Crippen molar-refractivity contribution < 1.29 is 14.3 Å². The first-order chi connectivity index (χ1) is 9.74. The molecule has 4 heteroatoms. The molecule has 0 aliphatic rings. The summed E-state index contributed by atoms with van der Waals surface area (Å²) in [5, 5.41) is 8.90. The summed E-state index contributed by atoms with van der Waals surface area (Å²) in [4.78, 5) is 0. The number of aliphatic hydroxyl groups excluding tert-OH is 1. The molecule has 0 amide bonds. The van der Waals surface area contributed by atoms with Crippen LogP contribution in [0.15, 0.2) is 47.1 Å². The number of benzene rings is 1. The standard InChI is InChI=1S/C16H21NO3/c1-2-14(17)16(15-4-3-11-19-15)20-13-7-5-12(6-8-13)9-10-18/h3-8,11,14,16,18H,2,9-10,17H2,1H3. The summed E-state index contributed by atoms with van der Waals surface area (Å²) < 4.78 is 11.4. The lowest BCUT2D eigenvalue weighted by Crippen LogP contribution is -2.31. The van der Waals surface area contributed by atoms with E-state index in [1.165, 1.54) is 0 Å². The molecule has 0 saturated carbocycles. The number of aliphatic hydroxyl groups is 1. The highest BCUT2D eigenvalue weighted by molar-refractivity contribution is 5.28. The van der Waals surface area contributed by atoms with E-state index >= 15 is 0 Å². The highest BCUT2D eigenvalue weighted by atomic mass is 16.5. The van der Waals surface area contributed by atoms with Crippen LogP contribution in [-0.4, -0.2) is 17.8 Å². The minimum atomic E-state index is -0.293. The fraction of sp³-hybridized carbons (Fsp3) is 0.375.